The molecule has 0 radical (unpaired) electrons. The summed E-state index contributed by atoms with van der Waals surface area (Å²) in [6.45, 7) is 4.00. The highest BCUT2D eigenvalue weighted by Crippen LogP contribution is 2.11. The highest BCUT2D eigenvalue weighted by atomic mass is 16.1. The van der Waals surface area contributed by atoms with Gasteiger partial charge in [-0.15, -0.1) is 0 Å². The molecule has 3 nitrogen and oxygen atoms in total. The smallest absolute Gasteiger partial charge is 0.198 e. The van der Waals surface area contributed by atoms with Crippen molar-refractivity contribution in [3.63, 3.8) is 0 Å². The van der Waals surface area contributed by atoms with Crippen molar-refractivity contribution in [2.24, 2.45) is 0 Å². The van der Waals surface area contributed by atoms with E-state index in [1.165, 1.54) is 0 Å². The van der Waals surface area contributed by atoms with E-state index >= 15 is 0 Å². The van der Waals surface area contributed by atoms with Gasteiger partial charge in [0.15, 0.2) is 5.43 Å². The monoisotopic (exact) mass is 226 g/mol. The molecular formula is C14H14N2O. The third-order valence-corrected chi connectivity index (χ3v) is 2.48. The standard InChI is InChI=1S/C12H8N2O.C2H6/c15-11-8-4-1-2-6-10(8)14-12-9(11)5-3-7-13-12;1-2/h1-7H,(H,13,14,15);1-2H3. The molecule has 2 heterocycles. The number of rotatable bonds is 0. The SMILES string of the molecule is CC.O=c1c2ccccc2[nH]c2ncccc12. The van der Waals surface area contributed by atoms with E-state index < -0.39 is 0 Å². The second-order valence-electron chi connectivity index (χ2n) is 3.40. The van der Waals surface area contributed by atoms with Gasteiger partial charge in [-0.1, -0.05) is 26.0 Å². The average molecular weight is 226 g/mol. The van der Waals surface area contributed by atoms with Gasteiger partial charge in [0, 0.05) is 11.6 Å². The Labute approximate surface area is 99.1 Å². The number of hydrogen-bond acceptors (Lipinski definition) is 2. The highest BCUT2D eigenvalue weighted by Gasteiger charge is 2.03. The molecule has 1 N–H and O–H groups in total. The number of fused-ring (bicyclic) bond motifs is 2. The Hall–Kier alpha value is -2.16. The fourth-order valence-corrected chi connectivity index (χ4v) is 1.75. The lowest BCUT2D eigenvalue weighted by atomic mass is 10.1. The molecule has 0 unspecified atom stereocenters. The first-order valence-corrected chi connectivity index (χ1v) is 5.72. The van der Waals surface area contributed by atoms with Crippen LogP contribution in [0.5, 0.6) is 0 Å². The molecule has 0 saturated carbocycles. The van der Waals surface area contributed by atoms with E-state index in [0.717, 1.165) is 5.52 Å². The van der Waals surface area contributed by atoms with E-state index in [1.54, 1.807) is 18.3 Å². The number of benzene rings is 1. The number of H-pyrrole nitrogens is 1. The van der Waals surface area contributed by atoms with Gasteiger partial charge in [0.05, 0.1) is 10.9 Å². The van der Waals surface area contributed by atoms with Crippen molar-refractivity contribution < 1.29 is 0 Å². The fraction of sp³-hybridized carbons (Fsp3) is 0.143. The minimum atomic E-state index is 0.0347. The summed E-state index contributed by atoms with van der Waals surface area (Å²) in [5.74, 6) is 0. The largest absolute Gasteiger partial charge is 0.339 e. The molecular weight excluding hydrogens is 212 g/mol. The maximum absolute atomic E-state index is 12.0. The number of pyridine rings is 2. The summed E-state index contributed by atoms with van der Waals surface area (Å²) in [5.41, 5.74) is 1.50. The normalized spacial score (nSPS) is 10.0. The Balaban J connectivity index is 0.000000514. The molecule has 2 aromatic heterocycles. The van der Waals surface area contributed by atoms with Crippen LogP contribution in [0.1, 0.15) is 13.8 Å². The van der Waals surface area contributed by atoms with Gasteiger partial charge in [0.2, 0.25) is 0 Å². The van der Waals surface area contributed by atoms with Crippen LogP contribution < -0.4 is 5.43 Å². The van der Waals surface area contributed by atoms with Gasteiger partial charge in [-0.3, -0.25) is 4.79 Å². The quantitative estimate of drug-likeness (QED) is 0.599. The van der Waals surface area contributed by atoms with Gasteiger partial charge in [0.1, 0.15) is 5.65 Å². The fourth-order valence-electron chi connectivity index (χ4n) is 1.75. The zero-order chi connectivity index (χ0) is 12.3. The lowest BCUT2D eigenvalue weighted by Gasteiger charge is -2.00. The zero-order valence-electron chi connectivity index (χ0n) is 9.90. The summed E-state index contributed by atoms with van der Waals surface area (Å²) in [5, 5.41) is 1.34. The van der Waals surface area contributed by atoms with Gasteiger partial charge < -0.3 is 4.98 Å². The first-order chi connectivity index (χ1) is 8.36. The number of nitrogens with zero attached hydrogens (tertiary/aromatic N) is 1. The van der Waals surface area contributed by atoms with Crippen molar-refractivity contribution in [3.8, 4) is 0 Å². The van der Waals surface area contributed by atoms with Gasteiger partial charge in [-0.05, 0) is 24.3 Å². The van der Waals surface area contributed by atoms with E-state index in [1.807, 2.05) is 38.1 Å². The Morgan fingerprint density at radius 2 is 1.71 bits per heavy atom. The molecule has 17 heavy (non-hydrogen) atoms. The summed E-state index contributed by atoms with van der Waals surface area (Å²) < 4.78 is 0. The molecule has 0 aliphatic carbocycles. The molecule has 0 aliphatic heterocycles. The van der Waals surface area contributed by atoms with Crippen LogP contribution in [0.4, 0.5) is 0 Å². The average Bonchev–Trinajstić information content (AvgIpc) is 2.41. The Morgan fingerprint density at radius 1 is 1.00 bits per heavy atom. The van der Waals surface area contributed by atoms with E-state index in [9.17, 15) is 4.79 Å². The van der Waals surface area contributed by atoms with Crippen molar-refractivity contribution in [1.29, 1.82) is 0 Å². The molecule has 3 aromatic rings. The number of nitrogens with one attached hydrogen (secondary N) is 1. The molecule has 0 atom stereocenters. The predicted octanol–water partition coefficient (Wildman–Crippen LogP) is 3.10. The van der Waals surface area contributed by atoms with Crippen molar-refractivity contribution in [2.75, 3.05) is 0 Å². The van der Waals surface area contributed by atoms with Crippen molar-refractivity contribution in [3.05, 3.63) is 52.8 Å². The van der Waals surface area contributed by atoms with Crippen LogP contribution in [-0.2, 0) is 0 Å². The van der Waals surface area contributed by atoms with Crippen LogP contribution in [0.25, 0.3) is 21.9 Å². The summed E-state index contributed by atoms with van der Waals surface area (Å²) in [7, 11) is 0. The molecule has 0 aliphatic rings. The van der Waals surface area contributed by atoms with Gasteiger partial charge >= 0.3 is 0 Å². The molecule has 0 amide bonds. The lowest BCUT2D eigenvalue weighted by Crippen LogP contribution is -2.04. The number of para-hydroxylation sites is 1. The summed E-state index contributed by atoms with van der Waals surface area (Å²) >= 11 is 0. The van der Waals surface area contributed by atoms with E-state index in [2.05, 4.69) is 9.97 Å². The van der Waals surface area contributed by atoms with Crippen LogP contribution in [0.15, 0.2) is 47.4 Å². The molecule has 1 aromatic carbocycles. The molecule has 0 bridgehead atoms. The molecule has 86 valence electrons. The highest BCUT2D eigenvalue weighted by molar-refractivity contribution is 5.90. The number of aromatic amines is 1. The van der Waals surface area contributed by atoms with Gasteiger partial charge in [0.25, 0.3) is 0 Å². The lowest BCUT2D eigenvalue weighted by molar-refractivity contribution is 1.32. The number of aromatic nitrogens is 2. The van der Waals surface area contributed by atoms with Crippen LogP contribution in [0.2, 0.25) is 0 Å². The van der Waals surface area contributed by atoms with Crippen molar-refractivity contribution >= 4 is 21.9 Å². The van der Waals surface area contributed by atoms with Crippen LogP contribution in [0, 0.1) is 0 Å². The van der Waals surface area contributed by atoms with Crippen LogP contribution >= 0.6 is 0 Å². The molecule has 0 spiro atoms. The predicted molar refractivity (Wildman–Crippen MR) is 71.2 cm³/mol. The maximum Gasteiger partial charge on any atom is 0.198 e. The minimum Gasteiger partial charge on any atom is -0.339 e. The third kappa shape index (κ3) is 1.91. The van der Waals surface area contributed by atoms with E-state index in [0.29, 0.717) is 16.4 Å². The second kappa shape index (κ2) is 4.78. The Kier molecular flexibility index (Phi) is 3.19. The summed E-state index contributed by atoms with van der Waals surface area (Å²) in [6.07, 6.45) is 1.67. The van der Waals surface area contributed by atoms with Crippen molar-refractivity contribution in [1.82, 2.24) is 9.97 Å². The Bertz CT molecular complexity index is 644. The number of hydrogen-bond donors (Lipinski definition) is 1. The zero-order valence-corrected chi connectivity index (χ0v) is 9.90. The summed E-state index contributed by atoms with van der Waals surface area (Å²) in [4.78, 5) is 19.3. The third-order valence-electron chi connectivity index (χ3n) is 2.48. The molecule has 0 fully saturated rings. The minimum absolute atomic E-state index is 0.0347. The Morgan fingerprint density at radius 3 is 2.53 bits per heavy atom. The van der Waals surface area contributed by atoms with Crippen molar-refractivity contribution in [2.45, 2.75) is 13.8 Å². The second-order valence-corrected chi connectivity index (χ2v) is 3.40. The first kappa shape index (κ1) is 11.3. The van der Waals surface area contributed by atoms with Crippen LogP contribution in [-0.4, -0.2) is 9.97 Å². The van der Waals surface area contributed by atoms with E-state index in [4.69, 9.17) is 0 Å². The molecule has 3 rings (SSSR count). The van der Waals surface area contributed by atoms with E-state index in [-0.39, 0.29) is 5.43 Å². The first-order valence-electron chi connectivity index (χ1n) is 5.72. The van der Waals surface area contributed by atoms with Gasteiger partial charge in [-0.2, -0.15) is 0 Å². The topological polar surface area (TPSA) is 45.8 Å². The summed E-state index contributed by atoms with van der Waals surface area (Å²) in [6, 6.07) is 11.0. The van der Waals surface area contributed by atoms with Crippen LogP contribution in [0.3, 0.4) is 0 Å². The van der Waals surface area contributed by atoms with Gasteiger partial charge in [-0.25, -0.2) is 4.98 Å². The molecule has 3 heteroatoms. The molecule has 0 saturated heterocycles. The maximum atomic E-state index is 12.0.